The van der Waals surface area contributed by atoms with Crippen LogP contribution < -0.4 is 0 Å². The van der Waals surface area contributed by atoms with E-state index in [-0.39, 0.29) is 0 Å². The fourth-order valence-electron chi connectivity index (χ4n) is 16.9. The fraction of sp³-hybridized carbons (Fsp3) is 0. The lowest BCUT2D eigenvalue weighted by atomic mass is 9.92. The lowest BCUT2D eigenvalue weighted by Gasteiger charge is -2.12. The van der Waals surface area contributed by atoms with Crippen molar-refractivity contribution in [2.45, 2.75) is 0 Å². The molecule has 6 aromatic heterocycles. The highest BCUT2D eigenvalue weighted by atomic mass is 16.3. The van der Waals surface area contributed by atoms with Crippen LogP contribution in [0.4, 0.5) is 0 Å². The summed E-state index contributed by atoms with van der Waals surface area (Å²) in [4.78, 5) is 30.7. The molecule has 0 atom stereocenters. The highest BCUT2D eigenvalue weighted by molar-refractivity contribution is 6.28. The number of benzene rings is 18. The maximum Gasteiger partial charge on any atom is 0.167 e. The monoisotopic (exact) mass is 1430 g/mol. The van der Waals surface area contributed by atoms with Gasteiger partial charge in [-0.1, -0.05) is 279 Å². The van der Waals surface area contributed by atoms with Gasteiger partial charge in [-0.3, -0.25) is 0 Å². The van der Waals surface area contributed by atoms with Gasteiger partial charge in [-0.25, -0.2) is 29.9 Å². The first-order valence-corrected chi connectivity index (χ1v) is 37.4. The molecular formula is C102H58N6O4. The van der Waals surface area contributed by atoms with Gasteiger partial charge < -0.3 is 17.7 Å². The van der Waals surface area contributed by atoms with E-state index in [1.165, 1.54) is 64.6 Å². The Morgan fingerprint density at radius 1 is 0.170 bits per heavy atom. The average molecular weight is 1430 g/mol. The highest BCUT2D eigenvalue weighted by Crippen LogP contribution is 2.46. The van der Waals surface area contributed by atoms with E-state index in [1.807, 2.05) is 158 Å². The number of hydrogen-bond donors (Lipinski definition) is 0. The van der Waals surface area contributed by atoms with E-state index in [0.29, 0.717) is 74.9 Å². The Bertz CT molecular complexity index is 8100. The number of fused-ring (bicyclic) bond motifs is 24. The molecule has 24 rings (SSSR count). The van der Waals surface area contributed by atoms with E-state index in [4.69, 9.17) is 48.9 Å². The molecule has 0 fully saturated rings. The number of furan rings is 4. The zero-order valence-electron chi connectivity index (χ0n) is 61.6. The van der Waals surface area contributed by atoms with Gasteiger partial charge in [-0.05, 0) is 160 Å². The molecule has 10 nitrogen and oxygen atoms in total. The number of rotatable bonds is 8. The van der Waals surface area contributed by atoms with Crippen LogP contribution in [0, 0.1) is 0 Å². The van der Waals surface area contributed by atoms with Gasteiger partial charge in [0.15, 0.2) is 34.9 Å². The molecule has 0 aliphatic carbocycles. The molecule has 0 aliphatic heterocycles. The summed E-state index contributed by atoms with van der Waals surface area (Å²) in [6, 6.07) is 117. The van der Waals surface area contributed by atoms with Gasteiger partial charge in [-0.2, -0.15) is 0 Å². The van der Waals surface area contributed by atoms with Crippen LogP contribution in [0.5, 0.6) is 0 Å². The van der Waals surface area contributed by atoms with E-state index < -0.39 is 0 Å². The summed E-state index contributed by atoms with van der Waals surface area (Å²) >= 11 is 0. The van der Waals surface area contributed by atoms with Gasteiger partial charge in [0.25, 0.3) is 0 Å². The summed E-state index contributed by atoms with van der Waals surface area (Å²) in [6.45, 7) is 0. The molecule has 0 spiro atoms. The van der Waals surface area contributed by atoms with Crippen LogP contribution in [-0.2, 0) is 0 Å². The van der Waals surface area contributed by atoms with Gasteiger partial charge in [0, 0.05) is 65.3 Å². The van der Waals surface area contributed by atoms with Gasteiger partial charge in [-0.15, -0.1) is 0 Å². The summed E-state index contributed by atoms with van der Waals surface area (Å²) in [5.74, 6) is 3.11. The lowest BCUT2D eigenvalue weighted by molar-refractivity contribution is 0.668. The van der Waals surface area contributed by atoms with Crippen LogP contribution in [0.25, 0.3) is 243 Å². The molecule has 0 saturated carbocycles. The summed E-state index contributed by atoms with van der Waals surface area (Å²) < 4.78 is 43.6. The van der Waals surface area contributed by atoms with Gasteiger partial charge in [0.2, 0.25) is 0 Å². The van der Waals surface area contributed by atoms with Crippen LogP contribution in [-0.4, -0.2) is 29.9 Å². The number of nitrogens with zero attached hydrogens (tertiary/aromatic N) is 6. The van der Waals surface area contributed by atoms with Crippen molar-refractivity contribution in [3.63, 3.8) is 0 Å². The van der Waals surface area contributed by atoms with Crippen molar-refractivity contribution in [3.8, 4) is 90.6 Å². The van der Waals surface area contributed by atoms with E-state index >= 15 is 0 Å². The first-order chi connectivity index (χ1) is 56.3. The zero-order chi connectivity index (χ0) is 75.2. The Morgan fingerprint density at radius 2 is 0.473 bits per heavy atom. The summed E-state index contributed by atoms with van der Waals surface area (Å²) in [6.07, 6.45) is 0. The SMILES string of the molecule is [2H]c1cccc2c1oc1c(-c3nc(-c4ccccc4)nc(-c4cccc5oc6c([2H])cc(-c7ccc8c9ccccc9c9ccccc9c8c7)cc6c45)n3)cccc12.c1ccc(-c2nc(-c3cccc4c3oc3ccccc34)nc(-c3cccc4oc5ccc(-c6ccc7c8ccccc8c8ccccc8c7c6)cc5c34)n2)cc1. The lowest BCUT2D eigenvalue weighted by Crippen LogP contribution is -2.00. The van der Waals surface area contributed by atoms with Crippen LogP contribution >= 0.6 is 0 Å². The predicted octanol–water partition coefficient (Wildman–Crippen LogP) is 27.6. The molecule has 6 heterocycles. The second kappa shape index (κ2) is 25.2. The van der Waals surface area contributed by atoms with Crippen molar-refractivity contribution in [2.24, 2.45) is 0 Å². The Labute approximate surface area is 641 Å². The molecule has 0 unspecified atom stereocenters. The van der Waals surface area contributed by atoms with Crippen LogP contribution in [0.3, 0.4) is 0 Å². The Balaban J connectivity index is 0.000000135. The quantitative estimate of drug-likeness (QED) is 0.136. The fourth-order valence-corrected chi connectivity index (χ4v) is 16.9. The summed E-state index contributed by atoms with van der Waals surface area (Å²) in [5, 5.41) is 22.2. The molecule has 520 valence electrons. The molecule has 18 aromatic carbocycles. The molecular weight excluding hydrogens is 1370 g/mol. The normalized spacial score (nSPS) is 12.2. The minimum absolute atomic E-state index is 0.296. The smallest absolute Gasteiger partial charge is 0.167 e. The van der Waals surface area contributed by atoms with Crippen molar-refractivity contribution < 1.29 is 20.4 Å². The van der Waals surface area contributed by atoms with Crippen LogP contribution in [0.15, 0.2) is 369 Å². The minimum Gasteiger partial charge on any atom is -0.456 e. The summed E-state index contributed by atoms with van der Waals surface area (Å²) in [7, 11) is 0. The maximum atomic E-state index is 9.24. The third-order valence-electron chi connectivity index (χ3n) is 22.1. The van der Waals surface area contributed by atoms with Crippen molar-refractivity contribution in [2.75, 3.05) is 0 Å². The maximum absolute atomic E-state index is 9.24. The molecule has 0 bridgehead atoms. The largest absolute Gasteiger partial charge is 0.456 e. The van der Waals surface area contributed by atoms with E-state index in [1.54, 1.807) is 6.07 Å². The molecule has 0 radical (unpaired) electrons. The Morgan fingerprint density at radius 3 is 0.964 bits per heavy atom. The third kappa shape index (κ3) is 10.1. The van der Waals surface area contributed by atoms with E-state index in [9.17, 15) is 1.37 Å². The zero-order valence-corrected chi connectivity index (χ0v) is 59.6. The summed E-state index contributed by atoms with van der Waals surface area (Å²) in [5.41, 5.74) is 14.5. The first-order valence-electron chi connectivity index (χ1n) is 38.4. The molecule has 24 aromatic rings. The highest BCUT2D eigenvalue weighted by Gasteiger charge is 2.25. The van der Waals surface area contributed by atoms with Crippen molar-refractivity contribution >= 4 is 152 Å². The molecule has 0 aliphatic rings. The van der Waals surface area contributed by atoms with Gasteiger partial charge in [0.1, 0.15) is 44.7 Å². The van der Waals surface area contributed by atoms with E-state index in [2.05, 4.69) is 176 Å². The number of hydrogen-bond acceptors (Lipinski definition) is 10. The standard InChI is InChI=1S/2C51H29N3O2/c2*1-2-12-30(13-3-1)49-52-50(54-51(53-49)41-21-10-19-39-38-18-8-9-22-44(38)56-48(39)41)40-20-11-23-46-47(40)43-29-32(25-27-45(43)55-46)31-24-26-37-35-16-5-4-14-33(35)34-15-6-7-17-36(34)42(37)28-31/h2*1-29H/i22D,27D;. The molecule has 0 amide bonds. The third-order valence-corrected chi connectivity index (χ3v) is 22.1. The Kier molecular flexibility index (Phi) is 13.7. The molecule has 0 N–H and O–H groups in total. The van der Waals surface area contributed by atoms with Crippen LogP contribution in [0.2, 0.25) is 0 Å². The topological polar surface area (TPSA) is 130 Å². The Hall–Kier alpha value is -15.3. The van der Waals surface area contributed by atoms with Crippen LogP contribution in [0.1, 0.15) is 2.74 Å². The molecule has 0 saturated heterocycles. The first kappa shape index (κ1) is 60.8. The predicted molar refractivity (Wildman–Crippen MR) is 457 cm³/mol. The van der Waals surface area contributed by atoms with Gasteiger partial charge >= 0.3 is 0 Å². The van der Waals surface area contributed by atoms with Crippen molar-refractivity contribution in [3.05, 3.63) is 352 Å². The van der Waals surface area contributed by atoms with Crippen molar-refractivity contribution in [1.82, 2.24) is 29.9 Å². The van der Waals surface area contributed by atoms with Crippen molar-refractivity contribution in [1.29, 1.82) is 0 Å². The molecule has 112 heavy (non-hydrogen) atoms. The van der Waals surface area contributed by atoms with Gasteiger partial charge in [0.05, 0.1) is 13.9 Å². The average Bonchev–Trinajstić information content (AvgIpc) is 1.49. The minimum atomic E-state index is 0.296. The number of para-hydroxylation sites is 4. The molecule has 10 heteroatoms. The second-order valence-corrected chi connectivity index (χ2v) is 28.4. The number of aromatic nitrogens is 6. The van der Waals surface area contributed by atoms with E-state index in [0.717, 1.165) is 115 Å². The second-order valence-electron chi connectivity index (χ2n) is 28.4.